The highest BCUT2D eigenvalue weighted by Gasteiger charge is 2.49. The molecule has 0 saturated carbocycles. The molecule has 0 radical (unpaired) electrons. The molecule has 6 rings (SSSR count). The number of halogens is 4. The zero-order chi connectivity index (χ0) is 30.7. The monoisotopic (exact) mass is 636 g/mol. The molecule has 1 N–H and O–H groups in total. The highest BCUT2D eigenvalue weighted by atomic mass is 35.5. The predicted molar refractivity (Wildman–Crippen MR) is 151 cm³/mol. The van der Waals surface area contributed by atoms with E-state index < -0.39 is 63.3 Å². The number of hydrogen-bond acceptors (Lipinski definition) is 9. The van der Waals surface area contributed by atoms with Crippen molar-refractivity contribution in [2.45, 2.75) is 37.1 Å². The summed E-state index contributed by atoms with van der Waals surface area (Å²) in [5, 5.41) is 10.6. The SMILES string of the molecule is C=C[C@@H]1CS(=O)(=O)CC[C@@]1(F)c1cc(Cl)cnc1O[C@H]1C[C@@H](C(=O)O)N(c2nc(C(F)F)nc3c2oc2ccccc23)C1. The third kappa shape index (κ3) is 5.16. The fourth-order valence-electron chi connectivity index (χ4n) is 5.78. The standard InChI is InChI=1S/C28H24ClF3N4O6S/c1-2-14-13-43(39,40)8-7-28(14,32)18-9-15(29)11-33-26(18)41-16-10-19(27(37)38)36(12-16)25-22-21(34-24(35-25)23(30)31)17-5-3-4-6-20(17)42-22/h2-6,9,11,14,16,19,23H,1,7-8,10,12-13H2,(H,37,38)/t14-,16+,19+,28+/m1/s1. The molecule has 0 aliphatic carbocycles. The number of fused-ring (bicyclic) bond motifs is 3. The van der Waals surface area contributed by atoms with Crippen LogP contribution in [0.4, 0.5) is 19.0 Å². The van der Waals surface area contributed by atoms with Crippen LogP contribution in [0.3, 0.4) is 0 Å². The molecule has 1 aromatic carbocycles. The van der Waals surface area contributed by atoms with Gasteiger partial charge in [0, 0.05) is 30.3 Å². The first kappa shape index (κ1) is 29.2. The number of pyridine rings is 1. The molecular formula is C28H24ClF3N4O6S. The highest BCUT2D eigenvalue weighted by molar-refractivity contribution is 7.91. The van der Waals surface area contributed by atoms with Gasteiger partial charge in [-0.1, -0.05) is 29.8 Å². The number of carboxylic acid groups (broad SMARTS) is 1. The van der Waals surface area contributed by atoms with Crippen molar-refractivity contribution < 1.29 is 40.6 Å². The normalized spacial score (nSPS) is 25.4. The molecule has 2 fully saturated rings. The number of benzene rings is 1. The van der Waals surface area contributed by atoms with Gasteiger partial charge in [0.2, 0.25) is 5.88 Å². The quantitative estimate of drug-likeness (QED) is 0.268. The first-order valence-corrected chi connectivity index (χ1v) is 15.4. The summed E-state index contributed by atoms with van der Waals surface area (Å²) < 4.78 is 80.9. The largest absolute Gasteiger partial charge is 0.480 e. The van der Waals surface area contributed by atoms with Crippen LogP contribution in [0, 0.1) is 5.92 Å². The van der Waals surface area contributed by atoms with Crippen LogP contribution < -0.4 is 9.64 Å². The third-order valence-corrected chi connectivity index (χ3v) is 9.76. The molecule has 2 aliphatic heterocycles. The average molecular weight is 637 g/mol. The van der Waals surface area contributed by atoms with Crippen LogP contribution in [0.2, 0.25) is 5.02 Å². The number of hydrogen-bond donors (Lipinski definition) is 1. The smallest absolute Gasteiger partial charge is 0.326 e. The molecule has 43 heavy (non-hydrogen) atoms. The molecule has 10 nitrogen and oxygen atoms in total. The summed E-state index contributed by atoms with van der Waals surface area (Å²) in [5.74, 6) is -4.41. The van der Waals surface area contributed by atoms with E-state index in [1.54, 1.807) is 24.3 Å². The Hall–Kier alpha value is -3.91. The number of furan rings is 1. The van der Waals surface area contributed by atoms with E-state index in [1.807, 2.05) is 0 Å². The average Bonchev–Trinajstić information content (AvgIpc) is 3.56. The highest BCUT2D eigenvalue weighted by Crippen LogP contribution is 2.47. The molecule has 226 valence electrons. The van der Waals surface area contributed by atoms with E-state index >= 15 is 4.39 Å². The van der Waals surface area contributed by atoms with Crippen molar-refractivity contribution >= 4 is 55.3 Å². The lowest BCUT2D eigenvalue weighted by atomic mass is 9.81. The minimum absolute atomic E-state index is 0.0303. The van der Waals surface area contributed by atoms with Crippen LogP contribution >= 0.6 is 11.6 Å². The van der Waals surface area contributed by atoms with Gasteiger partial charge in [-0.3, -0.25) is 0 Å². The molecular weight excluding hydrogens is 613 g/mol. The number of carboxylic acids is 1. The van der Waals surface area contributed by atoms with E-state index in [1.165, 1.54) is 23.2 Å². The Morgan fingerprint density at radius 2 is 2.07 bits per heavy atom. The molecule has 5 heterocycles. The summed E-state index contributed by atoms with van der Waals surface area (Å²) in [7, 11) is -3.51. The van der Waals surface area contributed by atoms with Crippen LogP contribution in [-0.4, -0.2) is 64.6 Å². The summed E-state index contributed by atoms with van der Waals surface area (Å²) in [6.07, 6.45) is -2.05. The van der Waals surface area contributed by atoms with Gasteiger partial charge in [0.1, 0.15) is 28.9 Å². The number of anilines is 1. The van der Waals surface area contributed by atoms with Gasteiger partial charge in [-0.25, -0.2) is 41.3 Å². The predicted octanol–water partition coefficient (Wildman–Crippen LogP) is 5.26. The zero-order valence-electron chi connectivity index (χ0n) is 22.3. The molecule has 0 unspecified atom stereocenters. The Morgan fingerprint density at radius 3 is 2.79 bits per heavy atom. The third-order valence-electron chi connectivity index (χ3n) is 7.86. The fourth-order valence-corrected chi connectivity index (χ4v) is 7.66. The Balaban J connectivity index is 1.39. The lowest BCUT2D eigenvalue weighted by Gasteiger charge is -2.37. The lowest BCUT2D eigenvalue weighted by Crippen LogP contribution is -2.42. The van der Waals surface area contributed by atoms with Crippen molar-refractivity contribution in [3.63, 3.8) is 0 Å². The minimum Gasteiger partial charge on any atom is -0.480 e. The summed E-state index contributed by atoms with van der Waals surface area (Å²) in [4.78, 5) is 25.8. The fraction of sp³-hybridized carbons (Fsp3) is 0.357. The number of sulfone groups is 1. The molecule has 15 heteroatoms. The number of allylic oxidation sites excluding steroid dienone is 1. The number of carbonyl (C=O) groups is 1. The van der Waals surface area contributed by atoms with Gasteiger partial charge in [-0.05, 0) is 18.2 Å². The summed E-state index contributed by atoms with van der Waals surface area (Å²) in [6.45, 7) is 3.45. The number of aliphatic carboxylic acids is 1. The number of nitrogens with zero attached hydrogens (tertiary/aromatic N) is 4. The number of aromatic nitrogens is 3. The van der Waals surface area contributed by atoms with Gasteiger partial charge in [0.05, 0.1) is 28.6 Å². The van der Waals surface area contributed by atoms with Crippen LogP contribution in [0.15, 0.2) is 53.6 Å². The van der Waals surface area contributed by atoms with Crippen molar-refractivity contribution in [3.8, 4) is 5.88 Å². The van der Waals surface area contributed by atoms with Crippen LogP contribution in [0.1, 0.15) is 30.7 Å². The number of ether oxygens (including phenoxy) is 1. The lowest BCUT2D eigenvalue weighted by molar-refractivity contribution is -0.138. The first-order valence-electron chi connectivity index (χ1n) is 13.2. The Labute approximate surface area is 248 Å². The molecule has 3 aromatic heterocycles. The maximum atomic E-state index is 16.7. The zero-order valence-corrected chi connectivity index (χ0v) is 23.9. The van der Waals surface area contributed by atoms with Gasteiger partial charge in [0.25, 0.3) is 6.43 Å². The summed E-state index contributed by atoms with van der Waals surface area (Å²) in [5.41, 5.74) is -1.83. The van der Waals surface area contributed by atoms with Gasteiger partial charge in [-0.15, -0.1) is 6.58 Å². The summed E-state index contributed by atoms with van der Waals surface area (Å²) in [6, 6.07) is 6.67. The molecule has 2 saturated heterocycles. The van der Waals surface area contributed by atoms with E-state index in [2.05, 4.69) is 21.5 Å². The molecule has 0 amide bonds. The van der Waals surface area contributed by atoms with Gasteiger partial charge < -0.3 is 19.2 Å². The van der Waals surface area contributed by atoms with E-state index in [-0.39, 0.29) is 52.8 Å². The first-order chi connectivity index (χ1) is 20.4. The van der Waals surface area contributed by atoms with Crippen molar-refractivity contribution in [2.24, 2.45) is 5.92 Å². The van der Waals surface area contributed by atoms with Crippen LogP contribution in [0.5, 0.6) is 5.88 Å². The molecule has 2 aliphatic rings. The van der Waals surface area contributed by atoms with Crippen molar-refractivity contribution in [1.82, 2.24) is 15.0 Å². The Kier molecular flexibility index (Phi) is 7.24. The topological polar surface area (TPSA) is 136 Å². The number of para-hydroxylation sites is 1. The maximum absolute atomic E-state index is 16.7. The Morgan fingerprint density at radius 1 is 1.30 bits per heavy atom. The van der Waals surface area contributed by atoms with Gasteiger partial charge >= 0.3 is 5.97 Å². The second-order valence-electron chi connectivity index (χ2n) is 10.5. The van der Waals surface area contributed by atoms with E-state index in [0.29, 0.717) is 11.0 Å². The molecule has 0 spiro atoms. The van der Waals surface area contributed by atoms with Crippen molar-refractivity contribution in [3.05, 3.63) is 65.6 Å². The molecule has 0 bridgehead atoms. The van der Waals surface area contributed by atoms with Crippen molar-refractivity contribution in [1.29, 1.82) is 0 Å². The van der Waals surface area contributed by atoms with E-state index in [9.17, 15) is 27.1 Å². The second-order valence-corrected chi connectivity index (χ2v) is 13.2. The van der Waals surface area contributed by atoms with Crippen molar-refractivity contribution in [2.75, 3.05) is 23.0 Å². The van der Waals surface area contributed by atoms with Gasteiger partial charge in [0.15, 0.2) is 27.1 Å². The van der Waals surface area contributed by atoms with Crippen LogP contribution in [-0.2, 0) is 20.3 Å². The van der Waals surface area contributed by atoms with Gasteiger partial charge in [-0.2, -0.15) is 0 Å². The number of rotatable bonds is 7. The summed E-state index contributed by atoms with van der Waals surface area (Å²) >= 11 is 6.16. The minimum atomic E-state index is -3.51. The molecule has 4 atom stereocenters. The Bertz CT molecular complexity index is 1870. The van der Waals surface area contributed by atoms with E-state index in [0.717, 1.165) is 0 Å². The number of alkyl halides is 3. The maximum Gasteiger partial charge on any atom is 0.326 e. The van der Waals surface area contributed by atoms with E-state index in [4.69, 9.17) is 20.8 Å². The van der Waals surface area contributed by atoms with Crippen LogP contribution in [0.25, 0.3) is 22.1 Å². The second kappa shape index (κ2) is 10.7. The molecule has 4 aromatic rings.